The first-order valence-electron chi connectivity index (χ1n) is 5.58. The highest BCUT2D eigenvalue weighted by atomic mass is 16.1. The Morgan fingerprint density at radius 3 is 2.80 bits per heavy atom. The monoisotopic (exact) mass is 212 g/mol. The topological polar surface area (TPSA) is 77.9 Å². The van der Waals surface area contributed by atoms with Gasteiger partial charge in [-0.25, -0.2) is 0 Å². The van der Waals surface area contributed by atoms with Crippen molar-refractivity contribution in [3.8, 4) is 0 Å². The first-order valence-corrected chi connectivity index (χ1v) is 5.58. The molecule has 0 spiro atoms. The highest BCUT2D eigenvalue weighted by Gasteiger charge is 1.98. The zero-order valence-electron chi connectivity index (χ0n) is 9.41. The molecular weight excluding hydrogens is 192 g/mol. The Bertz CT molecular complexity index is 211. The lowest BCUT2D eigenvalue weighted by Gasteiger charge is -2.03. The third kappa shape index (κ3) is 10.7. The molecule has 0 saturated heterocycles. The van der Waals surface area contributed by atoms with E-state index in [4.69, 9.17) is 5.53 Å². The predicted molar refractivity (Wildman–Crippen MR) is 60.4 cm³/mol. The van der Waals surface area contributed by atoms with Crippen molar-refractivity contribution in [3.63, 3.8) is 0 Å². The summed E-state index contributed by atoms with van der Waals surface area (Å²) in [6.45, 7) is 3.36. The maximum atomic E-state index is 11.2. The molecule has 0 fully saturated rings. The van der Waals surface area contributed by atoms with E-state index < -0.39 is 0 Å². The van der Waals surface area contributed by atoms with Crippen LogP contribution in [0.25, 0.3) is 10.4 Å². The number of nitrogens with one attached hydrogen (secondary N) is 1. The van der Waals surface area contributed by atoms with Crippen LogP contribution in [-0.2, 0) is 4.79 Å². The molecule has 0 unspecified atom stereocenters. The Morgan fingerprint density at radius 1 is 1.33 bits per heavy atom. The lowest BCUT2D eigenvalue weighted by atomic mass is 10.2. The summed E-state index contributed by atoms with van der Waals surface area (Å²) in [5.41, 5.74) is 8.03. The van der Waals surface area contributed by atoms with Gasteiger partial charge in [-0.15, -0.1) is 0 Å². The van der Waals surface area contributed by atoms with Crippen molar-refractivity contribution in [1.29, 1.82) is 0 Å². The minimum absolute atomic E-state index is 0.145. The van der Waals surface area contributed by atoms with E-state index in [0.29, 0.717) is 13.0 Å². The summed E-state index contributed by atoms with van der Waals surface area (Å²) in [4.78, 5) is 13.8. The standard InChI is InChI=1S/C10H20N4O/c1-2-3-7-10(15)12-8-5-4-6-9-13-14-11/h2-9H2,1H3,(H,12,15). The fraction of sp³-hybridized carbons (Fsp3) is 0.900. The quantitative estimate of drug-likeness (QED) is 0.271. The number of amides is 1. The van der Waals surface area contributed by atoms with Crippen LogP contribution < -0.4 is 5.32 Å². The maximum Gasteiger partial charge on any atom is 0.219 e. The van der Waals surface area contributed by atoms with E-state index >= 15 is 0 Å². The van der Waals surface area contributed by atoms with E-state index in [1.165, 1.54) is 0 Å². The summed E-state index contributed by atoms with van der Waals surface area (Å²) in [6, 6.07) is 0. The van der Waals surface area contributed by atoms with E-state index in [1.807, 2.05) is 0 Å². The third-order valence-electron chi connectivity index (χ3n) is 2.08. The number of azide groups is 1. The maximum absolute atomic E-state index is 11.2. The van der Waals surface area contributed by atoms with E-state index in [1.54, 1.807) is 0 Å². The van der Waals surface area contributed by atoms with Gasteiger partial charge in [0.25, 0.3) is 0 Å². The van der Waals surface area contributed by atoms with Crippen LogP contribution in [0.5, 0.6) is 0 Å². The van der Waals surface area contributed by atoms with Gasteiger partial charge >= 0.3 is 0 Å². The molecule has 0 saturated carbocycles. The number of hydrogen-bond acceptors (Lipinski definition) is 2. The molecule has 1 amide bonds. The Labute approximate surface area is 90.9 Å². The first-order chi connectivity index (χ1) is 7.31. The van der Waals surface area contributed by atoms with Crippen molar-refractivity contribution in [2.75, 3.05) is 13.1 Å². The number of hydrogen-bond donors (Lipinski definition) is 1. The fourth-order valence-corrected chi connectivity index (χ4v) is 1.18. The Hall–Kier alpha value is -1.22. The molecule has 0 aliphatic rings. The van der Waals surface area contributed by atoms with Gasteiger partial charge in [-0.05, 0) is 24.8 Å². The molecule has 15 heavy (non-hydrogen) atoms. The average Bonchev–Trinajstić information content (AvgIpc) is 2.25. The summed E-state index contributed by atoms with van der Waals surface area (Å²) in [6.07, 6.45) is 5.50. The van der Waals surface area contributed by atoms with Crippen LogP contribution in [0.3, 0.4) is 0 Å². The molecule has 0 bridgehead atoms. The molecule has 0 atom stereocenters. The number of rotatable bonds is 9. The van der Waals surface area contributed by atoms with Crippen LogP contribution in [0.4, 0.5) is 0 Å². The molecule has 0 aromatic carbocycles. The molecule has 86 valence electrons. The van der Waals surface area contributed by atoms with Crippen molar-refractivity contribution in [3.05, 3.63) is 10.4 Å². The Kier molecular flexibility index (Phi) is 9.98. The predicted octanol–water partition coefficient (Wildman–Crippen LogP) is 2.77. The van der Waals surface area contributed by atoms with Gasteiger partial charge in [0.2, 0.25) is 5.91 Å². The van der Waals surface area contributed by atoms with E-state index in [9.17, 15) is 4.79 Å². The molecule has 5 nitrogen and oxygen atoms in total. The molecule has 0 radical (unpaired) electrons. The Morgan fingerprint density at radius 2 is 2.13 bits per heavy atom. The van der Waals surface area contributed by atoms with Gasteiger partial charge in [0, 0.05) is 24.4 Å². The van der Waals surface area contributed by atoms with Crippen molar-refractivity contribution >= 4 is 5.91 Å². The molecule has 0 aromatic rings. The van der Waals surface area contributed by atoms with Crippen LogP contribution in [0.2, 0.25) is 0 Å². The molecule has 1 N–H and O–H groups in total. The second-order valence-electron chi connectivity index (χ2n) is 3.47. The van der Waals surface area contributed by atoms with Gasteiger partial charge in [-0.3, -0.25) is 4.79 Å². The van der Waals surface area contributed by atoms with Crippen LogP contribution in [0.1, 0.15) is 45.4 Å². The van der Waals surface area contributed by atoms with Gasteiger partial charge in [0.15, 0.2) is 0 Å². The lowest BCUT2D eigenvalue weighted by molar-refractivity contribution is -0.121. The van der Waals surface area contributed by atoms with Crippen LogP contribution in [0, 0.1) is 0 Å². The largest absolute Gasteiger partial charge is 0.356 e. The van der Waals surface area contributed by atoms with Gasteiger partial charge in [-0.1, -0.05) is 24.9 Å². The van der Waals surface area contributed by atoms with E-state index in [2.05, 4.69) is 22.3 Å². The number of unbranched alkanes of at least 4 members (excludes halogenated alkanes) is 3. The third-order valence-corrected chi connectivity index (χ3v) is 2.08. The normalized spacial score (nSPS) is 9.40. The van der Waals surface area contributed by atoms with Crippen molar-refractivity contribution < 1.29 is 4.79 Å². The molecule has 0 aliphatic heterocycles. The summed E-state index contributed by atoms with van der Waals surface area (Å²) in [5, 5.41) is 6.30. The van der Waals surface area contributed by atoms with Crippen molar-refractivity contribution in [2.24, 2.45) is 5.11 Å². The Balaban J connectivity index is 3.16. The van der Waals surface area contributed by atoms with Crippen LogP contribution >= 0.6 is 0 Å². The second-order valence-corrected chi connectivity index (χ2v) is 3.47. The molecular formula is C10H20N4O. The lowest BCUT2D eigenvalue weighted by Crippen LogP contribution is -2.23. The zero-order chi connectivity index (χ0) is 11.4. The van der Waals surface area contributed by atoms with Gasteiger partial charge in [0.1, 0.15) is 0 Å². The number of carbonyl (C=O) groups excluding carboxylic acids is 1. The number of nitrogens with zero attached hydrogens (tertiary/aromatic N) is 3. The minimum atomic E-state index is 0.145. The van der Waals surface area contributed by atoms with E-state index in [-0.39, 0.29) is 5.91 Å². The van der Waals surface area contributed by atoms with E-state index in [0.717, 1.165) is 38.6 Å². The SMILES string of the molecule is CCCCC(=O)NCCCCCN=[N+]=[N-]. The molecule has 0 aliphatic carbocycles. The summed E-state index contributed by atoms with van der Waals surface area (Å²) >= 11 is 0. The van der Waals surface area contributed by atoms with Crippen molar-refractivity contribution in [2.45, 2.75) is 45.4 Å². The molecule has 5 heteroatoms. The summed E-state index contributed by atoms with van der Waals surface area (Å²) < 4.78 is 0. The van der Waals surface area contributed by atoms with Crippen molar-refractivity contribution in [1.82, 2.24) is 5.32 Å². The highest BCUT2D eigenvalue weighted by Crippen LogP contribution is 1.96. The second kappa shape index (κ2) is 10.9. The number of carbonyl (C=O) groups is 1. The van der Waals surface area contributed by atoms with Gasteiger partial charge < -0.3 is 5.32 Å². The molecule has 0 heterocycles. The average molecular weight is 212 g/mol. The van der Waals surface area contributed by atoms with Crippen LogP contribution in [-0.4, -0.2) is 19.0 Å². The summed E-state index contributed by atoms with van der Waals surface area (Å²) in [5.74, 6) is 0.145. The van der Waals surface area contributed by atoms with Gasteiger partial charge in [-0.2, -0.15) is 0 Å². The first kappa shape index (κ1) is 13.8. The van der Waals surface area contributed by atoms with Gasteiger partial charge in [0.05, 0.1) is 0 Å². The van der Waals surface area contributed by atoms with Crippen LogP contribution in [0.15, 0.2) is 5.11 Å². The zero-order valence-corrected chi connectivity index (χ0v) is 9.41. The smallest absolute Gasteiger partial charge is 0.219 e. The highest BCUT2D eigenvalue weighted by molar-refractivity contribution is 5.75. The summed E-state index contributed by atoms with van der Waals surface area (Å²) in [7, 11) is 0. The molecule has 0 aromatic heterocycles. The fourth-order valence-electron chi connectivity index (χ4n) is 1.18. The molecule has 0 rings (SSSR count). The minimum Gasteiger partial charge on any atom is -0.356 e.